The van der Waals surface area contributed by atoms with Crippen LogP contribution in [0.2, 0.25) is 10.0 Å². The van der Waals surface area contributed by atoms with E-state index < -0.39 is 0 Å². The van der Waals surface area contributed by atoms with Gasteiger partial charge >= 0.3 is 0 Å². The van der Waals surface area contributed by atoms with Crippen LogP contribution in [-0.4, -0.2) is 14.8 Å². The molecule has 122 valence electrons. The molecule has 0 aliphatic carbocycles. The molecule has 0 fully saturated rings. The number of hydrogen-bond acceptors (Lipinski definition) is 3. The van der Waals surface area contributed by atoms with Crippen LogP contribution in [-0.2, 0) is 12.3 Å². The van der Waals surface area contributed by atoms with E-state index in [9.17, 15) is 0 Å². The summed E-state index contributed by atoms with van der Waals surface area (Å²) < 4.78 is 2.04. The van der Waals surface area contributed by atoms with Crippen LogP contribution in [0.15, 0.2) is 66.3 Å². The molecule has 0 saturated heterocycles. The zero-order valence-corrected chi connectivity index (χ0v) is 15.2. The van der Waals surface area contributed by atoms with Gasteiger partial charge in [0.15, 0.2) is 11.0 Å². The van der Waals surface area contributed by atoms with Crippen LogP contribution in [0.5, 0.6) is 0 Å². The Morgan fingerprint density at radius 2 is 1.79 bits per heavy atom. The fourth-order valence-corrected chi connectivity index (χ4v) is 3.60. The molecule has 3 nitrogen and oxygen atoms in total. The first kappa shape index (κ1) is 17.1. The van der Waals surface area contributed by atoms with Crippen molar-refractivity contribution in [2.75, 3.05) is 0 Å². The molecule has 1 aromatic heterocycles. The monoisotopic (exact) mass is 375 g/mol. The van der Waals surface area contributed by atoms with E-state index in [1.165, 1.54) is 0 Å². The second-order valence-corrected chi connectivity index (χ2v) is 6.95. The van der Waals surface area contributed by atoms with Gasteiger partial charge in [0.05, 0.1) is 0 Å². The minimum atomic E-state index is 0.632. The zero-order valence-electron chi connectivity index (χ0n) is 12.8. The lowest BCUT2D eigenvalue weighted by atomic mass is 10.2. The molecular weight excluding hydrogens is 361 g/mol. The lowest BCUT2D eigenvalue weighted by molar-refractivity contribution is 0.731. The van der Waals surface area contributed by atoms with Gasteiger partial charge in [-0.1, -0.05) is 65.3 Å². The molecule has 1 heterocycles. The van der Waals surface area contributed by atoms with E-state index in [2.05, 4.69) is 16.8 Å². The third-order valence-electron chi connectivity index (χ3n) is 3.37. The summed E-state index contributed by atoms with van der Waals surface area (Å²) in [5.74, 6) is 1.55. The minimum absolute atomic E-state index is 0.632. The summed E-state index contributed by atoms with van der Waals surface area (Å²) in [6.45, 7) is 4.46. The summed E-state index contributed by atoms with van der Waals surface area (Å²) in [7, 11) is 0. The Labute approximate surface area is 155 Å². The van der Waals surface area contributed by atoms with E-state index in [-0.39, 0.29) is 0 Å². The van der Waals surface area contributed by atoms with Gasteiger partial charge in [0.2, 0.25) is 0 Å². The summed E-state index contributed by atoms with van der Waals surface area (Å²) in [6, 6.07) is 15.4. The molecule has 0 spiro atoms. The molecule has 24 heavy (non-hydrogen) atoms. The van der Waals surface area contributed by atoms with Gasteiger partial charge in [0.1, 0.15) is 0 Å². The number of thioether (sulfide) groups is 1. The first-order valence-corrected chi connectivity index (χ1v) is 9.09. The van der Waals surface area contributed by atoms with E-state index in [1.807, 2.05) is 59.2 Å². The van der Waals surface area contributed by atoms with Crippen LogP contribution in [0.3, 0.4) is 0 Å². The van der Waals surface area contributed by atoms with Crippen LogP contribution < -0.4 is 0 Å². The molecule has 0 saturated carbocycles. The highest BCUT2D eigenvalue weighted by Gasteiger charge is 2.14. The predicted molar refractivity (Wildman–Crippen MR) is 102 cm³/mol. The van der Waals surface area contributed by atoms with Gasteiger partial charge < -0.3 is 0 Å². The summed E-state index contributed by atoms with van der Waals surface area (Å²) in [4.78, 5) is 0. The van der Waals surface area contributed by atoms with Gasteiger partial charge in [0.25, 0.3) is 0 Å². The van der Waals surface area contributed by atoms with Crippen molar-refractivity contribution in [3.05, 3.63) is 76.8 Å². The van der Waals surface area contributed by atoms with Crippen molar-refractivity contribution in [1.82, 2.24) is 14.8 Å². The van der Waals surface area contributed by atoms with Crippen molar-refractivity contribution >= 4 is 35.0 Å². The maximum atomic E-state index is 6.09. The van der Waals surface area contributed by atoms with E-state index in [4.69, 9.17) is 23.2 Å². The minimum Gasteiger partial charge on any atom is -0.298 e. The summed E-state index contributed by atoms with van der Waals surface area (Å²) in [6.07, 6.45) is 1.83. The van der Waals surface area contributed by atoms with Crippen molar-refractivity contribution in [2.24, 2.45) is 0 Å². The van der Waals surface area contributed by atoms with Gasteiger partial charge in [-0.3, -0.25) is 4.57 Å². The third kappa shape index (κ3) is 4.01. The van der Waals surface area contributed by atoms with Crippen LogP contribution in [0, 0.1) is 0 Å². The molecule has 0 atom stereocenters. The maximum Gasteiger partial charge on any atom is 0.192 e. The highest BCUT2D eigenvalue weighted by molar-refractivity contribution is 7.98. The Hall–Kier alpha value is -1.75. The quantitative estimate of drug-likeness (QED) is 0.407. The van der Waals surface area contributed by atoms with Crippen LogP contribution in [0.25, 0.3) is 11.4 Å². The van der Waals surface area contributed by atoms with Gasteiger partial charge in [-0.05, 0) is 29.8 Å². The van der Waals surface area contributed by atoms with Crippen molar-refractivity contribution in [3.8, 4) is 11.4 Å². The molecular formula is C18H15Cl2N3S. The van der Waals surface area contributed by atoms with Crippen LogP contribution >= 0.6 is 35.0 Å². The molecule has 3 aromatic rings. The van der Waals surface area contributed by atoms with Crippen LogP contribution in [0.1, 0.15) is 5.56 Å². The molecule has 0 unspecified atom stereocenters. The Balaban J connectivity index is 1.87. The van der Waals surface area contributed by atoms with Crippen molar-refractivity contribution in [3.63, 3.8) is 0 Å². The lowest BCUT2D eigenvalue weighted by Gasteiger charge is -2.08. The first-order chi connectivity index (χ1) is 11.7. The van der Waals surface area contributed by atoms with Gasteiger partial charge in [-0.2, -0.15) is 0 Å². The molecule has 0 N–H and O–H groups in total. The second kappa shape index (κ2) is 7.88. The molecule has 0 aliphatic rings. The summed E-state index contributed by atoms with van der Waals surface area (Å²) in [5, 5.41) is 10.9. The highest BCUT2D eigenvalue weighted by Crippen LogP contribution is 2.28. The standard InChI is InChI=1S/C18H15Cl2N3S/c1-2-9-23-17(14-6-4-8-16(20)11-14)21-22-18(23)24-12-13-5-3-7-15(19)10-13/h2-8,10-11H,1,9,12H2. The van der Waals surface area contributed by atoms with E-state index in [1.54, 1.807) is 11.8 Å². The Morgan fingerprint density at radius 1 is 1.04 bits per heavy atom. The normalized spacial score (nSPS) is 10.8. The van der Waals surface area contributed by atoms with Gasteiger partial charge in [0, 0.05) is 27.9 Å². The van der Waals surface area contributed by atoms with Crippen molar-refractivity contribution < 1.29 is 0 Å². The zero-order chi connectivity index (χ0) is 16.9. The second-order valence-electron chi connectivity index (χ2n) is 5.13. The van der Waals surface area contributed by atoms with Crippen molar-refractivity contribution in [1.29, 1.82) is 0 Å². The number of nitrogens with zero attached hydrogens (tertiary/aromatic N) is 3. The molecule has 0 amide bonds. The largest absolute Gasteiger partial charge is 0.298 e. The molecule has 0 bridgehead atoms. The molecule has 6 heteroatoms. The van der Waals surface area contributed by atoms with E-state index in [0.717, 1.165) is 32.9 Å². The molecule has 2 aromatic carbocycles. The average molecular weight is 376 g/mol. The van der Waals surface area contributed by atoms with E-state index in [0.29, 0.717) is 11.6 Å². The Bertz CT molecular complexity index is 861. The fraction of sp³-hybridized carbons (Fsp3) is 0.111. The average Bonchev–Trinajstić information content (AvgIpc) is 2.96. The summed E-state index contributed by atoms with van der Waals surface area (Å²) >= 11 is 13.7. The van der Waals surface area contributed by atoms with E-state index >= 15 is 0 Å². The number of allylic oxidation sites excluding steroid dienone is 1. The fourth-order valence-electron chi connectivity index (χ4n) is 2.30. The van der Waals surface area contributed by atoms with Crippen molar-refractivity contribution in [2.45, 2.75) is 17.5 Å². The number of hydrogen-bond donors (Lipinski definition) is 0. The smallest absolute Gasteiger partial charge is 0.192 e. The number of aromatic nitrogens is 3. The first-order valence-electron chi connectivity index (χ1n) is 7.34. The maximum absolute atomic E-state index is 6.09. The Kier molecular flexibility index (Phi) is 5.61. The van der Waals surface area contributed by atoms with Gasteiger partial charge in [-0.25, -0.2) is 0 Å². The Morgan fingerprint density at radius 3 is 2.50 bits per heavy atom. The summed E-state index contributed by atoms with van der Waals surface area (Å²) in [5.41, 5.74) is 2.08. The number of halogens is 2. The van der Waals surface area contributed by atoms with Gasteiger partial charge in [-0.15, -0.1) is 16.8 Å². The third-order valence-corrected chi connectivity index (χ3v) is 4.88. The number of benzene rings is 2. The molecule has 3 rings (SSSR count). The number of rotatable bonds is 6. The molecule has 0 aliphatic heterocycles. The lowest BCUT2D eigenvalue weighted by Crippen LogP contribution is -2.00. The topological polar surface area (TPSA) is 30.7 Å². The SMILES string of the molecule is C=CCn1c(SCc2cccc(Cl)c2)nnc1-c1cccc(Cl)c1. The predicted octanol–water partition coefficient (Wildman–Crippen LogP) is 5.73. The molecule has 0 radical (unpaired) electrons. The highest BCUT2D eigenvalue weighted by atomic mass is 35.5. The van der Waals surface area contributed by atoms with Crippen LogP contribution in [0.4, 0.5) is 0 Å².